The number of para-hydroxylation sites is 1. The van der Waals surface area contributed by atoms with E-state index in [0.29, 0.717) is 10.9 Å². The smallest absolute Gasteiger partial charge is 0.387 e. The number of pyridine rings is 1. The van der Waals surface area contributed by atoms with Crippen molar-refractivity contribution in [2.24, 2.45) is 0 Å². The van der Waals surface area contributed by atoms with E-state index in [1.54, 1.807) is 24.3 Å². The molecule has 0 saturated carbocycles. The molecule has 0 fully saturated rings. The van der Waals surface area contributed by atoms with Crippen LogP contribution in [0.15, 0.2) is 54.6 Å². The first-order chi connectivity index (χ1) is 12.9. The van der Waals surface area contributed by atoms with Gasteiger partial charge in [0.05, 0.1) is 11.1 Å². The molecule has 0 atom stereocenters. The maximum Gasteiger partial charge on any atom is 0.387 e. The number of ketones is 1. The highest BCUT2D eigenvalue weighted by Gasteiger charge is 2.16. The van der Waals surface area contributed by atoms with Gasteiger partial charge in [0.15, 0.2) is 12.4 Å². The predicted octanol–water partition coefficient (Wildman–Crippen LogP) is 4.53. The van der Waals surface area contributed by atoms with Crippen LogP contribution in [0, 0.1) is 0 Å². The normalized spacial score (nSPS) is 10.8. The number of halogens is 3. The Hall–Kier alpha value is -3.06. The van der Waals surface area contributed by atoms with Crippen molar-refractivity contribution in [2.75, 3.05) is 6.61 Å². The van der Waals surface area contributed by atoms with Gasteiger partial charge in [0, 0.05) is 10.9 Å². The molecule has 0 aliphatic heterocycles. The van der Waals surface area contributed by atoms with E-state index in [0.717, 1.165) is 0 Å². The summed E-state index contributed by atoms with van der Waals surface area (Å²) in [5.41, 5.74) is 0.916. The Bertz CT molecular complexity index is 993. The number of carbonyl (C=O) groups excluding carboxylic acids is 2. The zero-order valence-electron chi connectivity index (χ0n) is 13.7. The number of hydrogen-bond acceptors (Lipinski definition) is 5. The maximum absolute atomic E-state index is 12.4. The van der Waals surface area contributed by atoms with Crippen LogP contribution in [0.3, 0.4) is 0 Å². The molecule has 0 N–H and O–H groups in total. The summed E-state index contributed by atoms with van der Waals surface area (Å²) < 4.78 is 33.5. The SMILES string of the molecule is O=C(COC(=O)c1cc(Cl)nc2ccccc12)c1ccc(OC(F)F)cc1. The number of esters is 1. The minimum absolute atomic E-state index is 0.0727. The summed E-state index contributed by atoms with van der Waals surface area (Å²) in [5, 5.41) is 0.675. The van der Waals surface area contributed by atoms with Gasteiger partial charge in [0.1, 0.15) is 10.9 Å². The highest BCUT2D eigenvalue weighted by atomic mass is 35.5. The molecule has 0 aliphatic carbocycles. The fourth-order valence-electron chi connectivity index (χ4n) is 2.43. The molecule has 0 unspecified atom stereocenters. The summed E-state index contributed by atoms with van der Waals surface area (Å²) >= 11 is 5.93. The minimum atomic E-state index is -2.95. The molecule has 138 valence electrons. The summed E-state index contributed by atoms with van der Waals surface area (Å²) in [6.07, 6.45) is 0. The van der Waals surface area contributed by atoms with Crippen LogP contribution in [0.1, 0.15) is 20.7 Å². The van der Waals surface area contributed by atoms with Crippen LogP contribution in [0.25, 0.3) is 10.9 Å². The van der Waals surface area contributed by atoms with E-state index in [4.69, 9.17) is 16.3 Å². The largest absolute Gasteiger partial charge is 0.454 e. The first kappa shape index (κ1) is 18.7. The molecule has 0 amide bonds. The first-order valence-corrected chi connectivity index (χ1v) is 8.12. The monoisotopic (exact) mass is 391 g/mol. The minimum Gasteiger partial charge on any atom is -0.454 e. The number of carbonyl (C=O) groups is 2. The Balaban J connectivity index is 1.70. The average molecular weight is 392 g/mol. The number of hydrogen-bond donors (Lipinski definition) is 0. The van der Waals surface area contributed by atoms with E-state index in [9.17, 15) is 18.4 Å². The lowest BCUT2D eigenvalue weighted by atomic mass is 10.1. The van der Waals surface area contributed by atoms with Crippen LogP contribution < -0.4 is 4.74 Å². The van der Waals surface area contributed by atoms with E-state index in [2.05, 4.69) is 9.72 Å². The number of nitrogens with zero attached hydrogens (tertiary/aromatic N) is 1. The number of alkyl halides is 2. The van der Waals surface area contributed by atoms with Gasteiger partial charge in [0.2, 0.25) is 0 Å². The van der Waals surface area contributed by atoms with Gasteiger partial charge < -0.3 is 9.47 Å². The van der Waals surface area contributed by atoms with Gasteiger partial charge in [-0.25, -0.2) is 9.78 Å². The molecule has 3 aromatic rings. The Morgan fingerprint density at radius 2 is 1.78 bits per heavy atom. The second-order valence-corrected chi connectivity index (χ2v) is 5.80. The molecule has 0 saturated heterocycles. The second-order valence-electron chi connectivity index (χ2n) is 5.41. The van der Waals surface area contributed by atoms with Gasteiger partial charge in [-0.1, -0.05) is 29.8 Å². The molecule has 0 aliphatic rings. The summed E-state index contributed by atoms with van der Waals surface area (Å²) in [5.74, 6) is -1.28. The van der Waals surface area contributed by atoms with Crippen molar-refractivity contribution in [2.45, 2.75) is 6.61 Å². The second kappa shape index (κ2) is 8.09. The van der Waals surface area contributed by atoms with Crippen LogP contribution in [0.5, 0.6) is 5.75 Å². The molecule has 0 radical (unpaired) electrons. The van der Waals surface area contributed by atoms with Crippen molar-refractivity contribution in [3.63, 3.8) is 0 Å². The zero-order chi connectivity index (χ0) is 19.4. The topological polar surface area (TPSA) is 65.5 Å². The molecule has 8 heteroatoms. The van der Waals surface area contributed by atoms with Gasteiger partial charge in [-0.15, -0.1) is 0 Å². The molecular weight excluding hydrogens is 380 g/mol. The first-order valence-electron chi connectivity index (χ1n) is 7.74. The number of rotatable bonds is 6. The molecule has 2 aromatic carbocycles. The number of benzene rings is 2. The van der Waals surface area contributed by atoms with Crippen LogP contribution >= 0.6 is 11.6 Å². The van der Waals surface area contributed by atoms with Crippen molar-refractivity contribution < 1.29 is 27.8 Å². The third-order valence-electron chi connectivity index (χ3n) is 3.64. The molecular formula is C19H12ClF2NO4. The number of Topliss-reactive ketones (excluding diaryl/α,β-unsaturated/α-hetero) is 1. The van der Waals surface area contributed by atoms with Gasteiger partial charge in [-0.05, 0) is 36.4 Å². The van der Waals surface area contributed by atoms with E-state index in [1.165, 1.54) is 30.3 Å². The van der Waals surface area contributed by atoms with Crippen LogP contribution in [-0.2, 0) is 4.74 Å². The van der Waals surface area contributed by atoms with Crippen molar-refractivity contribution in [1.29, 1.82) is 0 Å². The quantitative estimate of drug-likeness (QED) is 0.351. The number of ether oxygens (including phenoxy) is 2. The van der Waals surface area contributed by atoms with Gasteiger partial charge in [-0.3, -0.25) is 4.79 Å². The maximum atomic E-state index is 12.4. The number of fused-ring (bicyclic) bond motifs is 1. The van der Waals surface area contributed by atoms with Crippen LogP contribution in [0.2, 0.25) is 5.15 Å². The molecule has 27 heavy (non-hydrogen) atoms. The number of aromatic nitrogens is 1. The van der Waals surface area contributed by atoms with Gasteiger partial charge >= 0.3 is 12.6 Å². The lowest BCUT2D eigenvalue weighted by Crippen LogP contribution is -2.15. The van der Waals surface area contributed by atoms with Gasteiger partial charge in [0.25, 0.3) is 0 Å². The molecule has 5 nitrogen and oxygen atoms in total. The summed E-state index contributed by atoms with van der Waals surface area (Å²) in [4.78, 5) is 28.6. The van der Waals surface area contributed by atoms with Crippen molar-refractivity contribution in [3.8, 4) is 5.75 Å². The fraction of sp³-hybridized carbons (Fsp3) is 0.105. The lowest BCUT2D eigenvalue weighted by molar-refractivity contribution is -0.0498. The lowest BCUT2D eigenvalue weighted by Gasteiger charge is -2.08. The molecule has 0 bridgehead atoms. The Labute approximate surface area is 157 Å². The van der Waals surface area contributed by atoms with Crippen molar-refractivity contribution in [3.05, 3.63) is 70.9 Å². The zero-order valence-corrected chi connectivity index (χ0v) is 14.5. The van der Waals surface area contributed by atoms with E-state index >= 15 is 0 Å². The summed E-state index contributed by atoms with van der Waals surface area (Å²) in [7, 11) is 0. The van der Waals surface area contributed by atoms with E-state index in [1.807, 2.05) is 0 Å². The summed E-state index contributed by atoms with van der Waals surface area (Å²) in [6.45, 7) is -3.46. The Morgan fingerprint density at radius 3 is 2.48 bits per heavy atom. The molecule has 1 heterocycles. The summed E-state index contributed by atoms with van der Waals surface area (Å²) in [6, 6.07) is 13.3. The fourth-order valence-corrected chi connectivity index (χ4v) is 2.63. The third-order valence-corrected chi connectivity index (χ3v) is 3.83. The molecule has 3 rings (SSSR count). The third kappa shape index (κ3) is 4.57. The highest BCUT2D eigenvalue weighted by Crippen LogP contribution is 2.22. The van der Waals surface area contributed by atoms with E-state index in [-0.39, 0.29) is 22.0 Å². The average Bonchev–Trinajstić information content (AvgIpc) is 2.65. The Morgan fingerprint density at radius 1 is 1.07 bits per heavy atom. The predicted molar refractivity (Wildman–Crippen MR) is 94.4 cm³/mol. The van der Waals surface area contributed by atoms with E-state index < -0.39 is 25.0 Å². The van der Waals surface area contributed by atoms with Crippen molar-refractivity contribution in [1.82, 2.24) is 4.98 Å². The molecule has 0 spiro atoms. The highest BCUT2D eigenvalue weighted by molar-refractivity contribution is 6.30. The van der Waals surface area contributed by atoms with Crippen molar-refractivity contribution >= 4 is 34.3 Å². The Kier molecular flexibility index (Phi) is 5.61. The van der Waals surface area contributed by atoms with Gasteiger partial charge in [-0.2, -0.15) is 8.78 Å². The van der Waals surface area contributed by atoms with Crippen LogP contribution in [0.4, 0.5) is 8.78 Å². The molecule has 1 aromatic heterocycles. The standard InChI is InChI=1S/C19H12ClF2NO4/c20-17-9-14(13-3-1-2-4-15(13)23-17)18(25)26-10-16(24)11-5-7-12(8-6-11)27-19(21)22/h1-9,19H,10H2. The van der Waals surface area contributed by atoms with Crippen LogP contribution in [-0.4, -0.2) is 30.0 Å².